The zero-order valence-electron chi connectivity index (χ0n) is 10.7. The van der Waals surface area contributed by atoms with Gasteiger partial charge in [0.05, 0.1) is 11.5 Å². The van der Waals surface area contributed by atoms with Crippen molar-refractivity contribution in [2.24, 2.45) is 0 Å². The van der Waals surface area contributed by atoms with E-state index in [1.54, 1.807) is 0 Å². The van der Waals surface area contributed by atoms with Crippen molar-refractivity contribution in [1.29, 1.82) is 0 Å². The van der Waals surface area contributed by atoms with Crippen molar-refractivity contribution in [3.8, 4) is 0 Å². The van der Waals surface area contributed by atoms with E-state index >= 15 is 0 Å². The summed E-state index contributed by atoms with van der Waals surface area (Å²) in [6, 6.07) is 0.138. The quantitative estimate of drug-likeness (QED) is 0.560. The van der Waals surface area contributed by atoms with Gasteiger partial charge in [-0.2, -0.15) is 0 Å². The number of hydrogen-bond donors (Lipinski definition) is 3. The molecule has 0 saturated carbocycles. The Bertz CT molecular complexity index is 297. The third-order valence-corrected chi connectivity index (χ3v) is 3.07. The average molecular weight is 276 g/mol. The highest BCUT2D eigenvalue weighted by molar-refractivity contribution is 8.00. The molecule has 7 heteroatoms. The summed E-state index contributed by atoms with van der Waals surface area (Å²) in [7, 11) is 0. The van der Waals surface area contributed by atoms with E-state index in [-0.39, 0.29) is 42.3 Å². The van der Waals surface area contributed by atoms with Gasteiger partial charge in [0.25, 0.3) is 0 Å². The molecule has 1 atom stereocenters. The number of carboxylic acids is 1. The third-order valence-electron chi connectivity index (χ3n) is 2.15. The van der Waals surface area contributed by atoms with Gasteiger partial charge < -0.3 is 15.7 Å². The Balaban J connectivity index is 3.55. The van der Waals surface area contributed by atoms with Crippen molar-refractivity contribution in [1.82, 2.24) is 10.6 Å². The molecule has 0 aromatic heterocycles. The monoisotopic (exact) mass is 276 g/mol. The van der Waals surface area contributed by atoms with Crippen molar-refractivity contribution >= 4 is 29.5 Å². The molecule has 0 aromatic rings. The lowest BCUT2D eigenvalue weighted by Gasteiger charge is -2.11. The summed E-state index contributed by atoms with van der Waals surface area (Å²) in [4.78, 5) is 32.8. The van der Waals surface area contributed by atoms with Gasteiger partial charge in [0.2, 0.25) is 11.8 Å². The van der Waals surface area contributed by atoms with Gasteiger partial charge in [-0.25, -0.2) is 0 Å². The Morgan fingerprint density at radius 3 is 2.44 bits per heavy atom. The summed E-state index contributed by atoms with van der Waals surface area (Å²) in [5.74, 6) is -1.29. The van der Waals surface area contributed by atoms with E-state index in [1.165, 1.54) is 0 Å². The van der Waals surface area contributed by atoms with Crippen LogP contribution < -0.4 is 10.6 Å². The lowest BCUT2D eigenvalue weighted by molar-refractivity contribution is -0.134. The average Bonchev–Trinajstić information content (AvgIpc) is 2.28. The van der Waals surface area contributed by atoms with Gasteiger partial charge in [0.15, 0.2) is 0 Å². The molecule has 0 rings (SSSR count). The van der Waals surface area contributed by atoms with E-state index in [0.717, 1.165) is 18.2 Å². The van der Waals surface area contributed by atoms with E-state index < -0.39 is 5.97 Å². The zero-order chi connectivity index (χ0) is 14.0. The number of hydrogen-bond acceptors (Lipinski definition) is 4. The van der Waals surface area contributed by atoms with Crippen LogP contribution in [0, 0.1) is 0 Å². The molecule has 0 saturated heterocycles. The van der Waals surface area contributed by atoms with Crippen LogP contribution in [0.4, 0.5) is 0 Å². The summed E-state index contributed by atoms with van der Waals surface area (Å²) in [5, 5.41) is 13.7. The van der Waals surface area contributed by atoms with Crippen LogP contribution in [0.15, 0.2) is 0 Å². The fourth-order valence-electron chi connectivity index (χ4n) is 1.05. The van der Waals surface area contributed by atoms with E-state index in [1.807, 2.05) is 13.8 Å². The van der Waals surface area contributed by atoms with Gasteiger partial charge in [0, 0.05) is 19.0 Å². The molecular weight excluding hydrogens is 256 g/mol. The molecule has 0 bridgehead atoms. The fraction of sp³-hybridized carbons (Fsp3) is 0.727. The van der Waals surface area contributed by atoms with Gasteiger partial charge in [-0.3, -0.25) is 14.4 Å². The number of rotatable bonds is 9. The Morgan fingerprint density at radius 1 is 1.22 bits per heavy atom. The number of carbonyl (C=O) groups excluding carboxylic acids is 2. The van der Waals surface area contributed by atoms with Crippen molar-refractivity contribution < 1.29 is 19.5 Å². The SMILES string of the molecule is CCC(C)NC(=O)CCNC(=O)CSCC(=O)O. The third kappa shape index (κ3) is 9.95. The number of carboxylic acid groups (broad SMARTS) is 1. The molecule has 2 amide bonds. The van der Waals surface area contributed by atoms with E-state index in [0.29, 0.717) is 0 Å². The first-order valence-corrected chi connectivity index (χ1v) is 6.96. The molecule has 6 nitrogen and oxygen atoms in total. The van der Waals surface area contributed by atoms with Crippen LogP contribution in [0.25, 0.3) is 0 Å². The molecular formula is C11H20N2O4S. The first-order chi connectivity index (χ1) is 8.45. The second kappa shape index (κ2) is 9.76. The highest BCUT2D eigenvalue weighted by atomic mass is 32.2. The Hall–Kier alpha value is -1.24. The summed E-state index contributed by atoms with van der Waals surface area (Å²) in [6.45, 7) is 4.17. The van der Waals surface area contributed by atoms with Crippen molar-refractivity contribution in [3.63, 3.8) is 0 Å². The Labute approximate surface area is 111 Å². The van der Waals surface area contributed by atoms with Gasteiger partial charge in [-0.1, -0.05) is 6.92 Å². The minimum atomic E-state index is -0.944. The summed E-state index contributed by atoms with van der Waals surface area (Å²) in [6.07, 6.45) is 1.10. The zero-order valence-corrected chi connectivity index (χ0v) is 11.5. The predicted molar refractivity (Wildman–Crippen MR) is 70.5 cm³/mol. The second-order valence-corrected chi connectivity index (χ2v) is 4.85. The molecule has 104 valence electrons. The normalized spacial score (nSPS) is 11.7. The predicted octanol–water partition coefficient (Wildman–Crippen LogP) is 0.225. The molecule has 0 aromatic carbocycles. The van der Waals surface area contributed by atoms with E-state index in [2.05, 4.69) is 10.6 Å². The molecule has 1 unspecified atom stereocenters. The molecule has 0 heterocycles. The van der Waals surface area contributed by atoms with Crippen LogP contribution in [0.2, 0.25) is 0 Å². The van der Waals surface area contributed by atoms with Crippen LogP contribution in [-0.4, -0.2) is 47.0 Å². The number of thioether (sulfide) groups is 1. The van der Waals surface area contributed by atoms with Crippen molar-refractivity contribution in [2.45, 2.75) is 32.7 Å². The van der Waals surface area contributed by atoms with E-state index in [9.17, 15) is 14.4 Å². The summed E-state index contributed by atoms with van der Waals surface area (Å²) >= 11 is 1.03. The van der Waals surface area contributed by atoms with Gasteiger partial charge >= 0.3 is 5.97 Å². The molecule has 0 spiro atoms. The lowest BCUT2D eigenvalue weighted by atomic mass is 10.2. The summed E-state index contributed by atoms with van der Waals surface area (Å²) in [5.41, 5.74) is 0. The highest BCUT2D eigenvalue weighted by Gasteiger charge is 2.07. The molecule has 3 N–H and O–H groups in total. The van der Waals surface area contributed by atoms with Gasteiger partial charge in [0.1, 0.15) is 0 Å². The molecule has 0 aliphatic carbocycles. The molecule has 0 radical (unpaired) electrons. The lowest BCUT2D eigenvalue weighted by Crippen LogP contribution is -2.35. The van der Waals surface area contributed by atoms with Crippen LogP contribution in [0.3, 0.4) is 0 Å². The number of carbonyl (C=O) groups is 3. The number of amides is 2. The summed E-state index contributed by atoms with van der Waals surface area (Å²) < 4.78 is 0. The maximum Gasteiger partial charge on any atom is 0.313 e. The second-order valence-electron chi connectivity index (χ2n) is 3.86. The smallest absolute Gasteiger partial charge is 0.313 e. The number of nitrogens with one attached hydrogen (secondary N) is 2. The van der Waals surface area contributed by atoms with Crippen molar-refractivity contribution in [2.75, 3.05) is 18.1 Å². The Morgan fingerprint density at radius 2 is 1.89 bits per heavy atom. The maximum absolute atomic E-state index is 11.4. The molecule has 18 heavy (non-hydrogen) atoms. The van der Waals surface area contributed by atoms with Crippen LogP contribution in [-0.2, 0) is 14.4 Å². The molecule has 0 aliphatic rings. The standard InChI is InChI=1S/C11H20N2O4S/c1-3-8(2)13-9(14)4-5-12-10(15)6-18-7-11(16)17/h8H,3-7H2,1-2H3,(H,12,15)(H,13,14)(H,16,17). The van der Waals surface area contributed by atoms with Gasteiger partial charge in [-0.05, 0) is 13.3 Å². The maximum atomic E-state index is 11.4. The highest BCUT2D eigenvalue weighted by Crippen LogP contribution is 1.98. The first kappa shape index (κ1) is 16.8. The van der Waals surface area contributed by atoms with Crippen molar-refractivity contribution in [3.05, 3.63) is 0 Å². The fourth-order valence-corrected chi connectivity index (χ4v) is 1.61. The first-order valence-electron chi connectivity index (χ1n) is 5.81. The van der Waals surface area contributed by atoms with Crippen LogP contribution >= 0.6 is 11.8 Å². The molecule has 0 aliphatic heterocycles. The largest absolute Gasteiger partial charge is 0.481 e. The van der Waals surface area contributed by atoms with Gasteiger partial charge in [-0.15, -0.1) is 11.8 Å². The minimum absolute atomic E-state index is 0.0946. The number of aliphatic carboxylic acids is 1. The topological polar surface area (TPSA) is 95.5 Å². The Kier molecular flexibility index (Phi) is 9.08. The van der Waals surface area contributed by atoms with E-state index in [4.69, 9.17) is 5.11 Å². The van der Waals surface area contributed by atoms with Crippen LogP contribution in [0.1, 0.15) is 26.7 Å². The minimum Gasteiger partial charge on any atom is -0.481 e. The molecule has 0 fully saturated rings. The van der Waals surface area contributed by atoms with Crippen LogP contribution in [0.5, 0.6) is 0 Å².